The van der Waals surface area contributed by atoms with Crippen LogP contribution in [0.2, 0.25) is 5.15 Å². The summed E-state index contributed by atoms with van der Waals surface area (Å²) in [4.78, 5) is 15.0. The number of carbonyl (C=O) groups excluding carboxylic acids is 1. The van der Waals surface area contributed by atoms with Crippen LogP contribution in [0.4, 0.5) is 0 Å². The molecule has 12 heavy (non-hydrogen) atoms. The molecule has 0 spiro atoms. The van der Waals surface area contributed by atoms with E-state index in [1.54, 1.807) is 18.3 Å². The van der Waals surface area contributed by atoms with E-state index in [2.05, 4.69) is 4.98 Å². The van der Waals surface area contributed by atoms with Crippen LogP contribution in [0.25, 0.3) is 0 Å². The van der Waals surface area contributed by atoms with Crippen molar-refractivity contribution in [2.75, 3.05) is 6.54 Å². The van der Waals surface area contributed by atoms with Gasteiger partial charge in [-0.2, -0.15) is 0 Å². The first kappa shape index (κ1) is 9.16. The highest BCUT2D eigenvalue weighted by atomic mass is 35.5. The van der Waals surface area contributed by atoms with Gasteiger partial charge in [0.1, 0.15) is 5.15 Å². The maximum atomic E-state index is 11.3. The topological polar surface area (TPSA) is 56.0 Å². The van der Waals surface area contributed by atoms with Gasteiger partial charge in [-0.3, -0.25) is 4.79 Å². The number of halogens is 1. The van der Waals surface area contributed by atoms with Gasteiger partial charge in [0.2, 0.25) is 0 Å². The standard InChI is InChI=1S/C8H9ClN2O/c9-8-6(2-1-5-11-8)7(12)3-4-10/h1-2,5H,3-4,10H2. The molecule has 0 saturated carbocycles. The van der Waals surface area contributed by atoms with Crippen LogP contribution in [0.5, 0.6) is 0 Å². The number of Topliss-reactive ketones (excluding diaryl/α,β-unsaturated/α-hetero) is 1. The molecular formula is C8H9ClN2O. The summed E-state index contributed by atoms with van der Waals surface area (Å²) in [6, 6.07) is 3.32. The van der Waals surface area contributed by atoms with Crippen molar-refractivity contribution in [3.05, 3.63) is 29.0 Å². The Morgan fingerprint density at radius 1 is 1.67 bits per heavy atom. The smallest absolute Gasteiger partial charge is 0.167 e. The summed E-state index contributed by atoms with van der Waals surface area (Å²) in [6.45, 7) is 0.337. The molecule has 0 radical (unpaired) electrons. The number of nitrogens with zero attached hydrogens (tertiary/aromatic N) is 1. The number of hydrogen-bond donors (Lipinski definition) is 1. The second kappa shape index (κ2) is 4.18. The quantitative estimate of drug-likeness (QED) is 0.569. The second-order valence-electron chi connectivity index (χ2n) is 2.30. The van der Waals surface area contributed by atoms with Crippen LogP contribution in [0, 0.1) is 0 Å². The van der Waals surface area contributed by atoms with E-state index in [0.29, 0.717) is 18.5 Å². The number of rotatable bonds is 3. The second-order valence-corrected chi connectivity index (χ2v) is 2.66. The summed E-state index contributed by atoms with van der Waals surface area (Å²) in [6.07, 6.45) is 1.85. The fourth-order valence-corrected chi connectivity index (χ4v) is 1.08. The largest absolute Gasteiger partial charge is 0.330 e. The van der Waals surface area contributed by atoms with Gasteiger partial charge < -0.3 is 5.73 Å². The average molecular weight is 185 g/mol. The Balaban J connectivity index is 2.87. The minimum atomic E-state index is -0.0596. The van der Waals surface area contributed by atoms with Crippen LogP contribution in [0.15, 0.2) is 18.3 Å². The Bertz CT molecular complexity index is 288. The van der Waals surface area contributed by atoms with E-state index < -0.39 is 0 Å². The fourth-order valence-electron chi connectivity index (χ4n) is 0.860. The molecule has 0 amide bonds. The van der Waals surface area contributed by atoms with Crippen LogP contribution < -0.4 is 5.73 Å². The van der Waals surface area contributed by atoms with Crippen molar-refractivity contribution >= 4 is 17.4 Å². The molecular weight excluding hydrogens is 176 g/mol. The average Bonchev–Trinajstić information content (AvgIpc) is 2.05. The lowest BCUT2D eigenvalue weighted by Crippen LogP contribution is -2.08. The minimum absolute atomic E-state index is 0.0596. The lowest BCUT2D eigenvalue weighted by atomic mass is 10.1. The van der Waals surface area contributed by atoms with Gasteiger partial charge in [0.25, 0.3) is 0 Å². The Morgan fingerprint density at radius 2 is 2.42 bits per heavy atom. The van der Waals surface area contributed by atoms with Gasteiger partial charge in [0, 0.05) is 12.6 Å². The number of aromatic nitrogens is 1. The first-order valence-electron chi connectivity index (χ1n) is 3.59. The predicted octanol–water partition coefficient (Wildman–Crippen LogP) is 1.27. The Labute approximate surface area is 75.6 Å². The zero-order valence-corrected chi connectivity index (χ0v) is 7.21. The van der Waals surface area contributed by atoms with Gasteiger partial charge >= 0.3 is 0 Å². The molecule has 1 aromatic heterocycles. The van der Waals surface area contributed by atoms with Gasteiger partial charge in [-0.1, -0.05) is 11.6 Å². The first-order chi connectivity index (χ1) is 5.75. The van der Waals surface area contributed by atoms with Crippen molar-refractivity contribution in [1.82, 2.24) is 4.98 Å². The molecule has 4 heteroatoms. The summed E-state index contributed by atoms with van der Waals surface area (Å²) < 4.78 is 0. The van der Waals surface area contributed by atoms with E-state index in [1.165, 1.54) is 0 Å². The molecule has 1 aromatic rings. The van der Waals surface area contributed by atoms with Crippen LogP contribution in [0.1, 0.15) is 16.8 Å². The highest BCUT2D eigenvalue weighted by Crippen LogP contribution is 2.12. The number of hydrogen-bond acceptors (Lipinski definition) is 3. The van der Waals surface area contributed by atoms with E-state index in [0.717, 1.165) is 0 Å². The number of carbonyl (C=O) groups is 1. The van der Waals surface area contributed by atoms with Crippen molar-refractivity contribution in [1.29, 1.82) is 0 Å². The molecule has 0 aliphatic heterocycles. The molecule has 2 N–H and O–H groups in total. The first-order valence-corrected chi connectivity index (χ1v) is 3.97. The molecule has 0 aromatic carbocycles. The van der Waals surface area contributed by atoms with Crippen LogP contribution in [0.3, 0.4) is 0 Å². The van der Waals surface area contributed by atoms with E-state index in [9.17, 15) is 4.79 Å². The zero-order valence-electron chi connectivity index (χ0n) is 6.46. The Morgan fingerprint density at radius 3 is 3.00 bits per heavy atom. The highest BCUT2D eigenvalue weighted by molar-refractivity contribution is 6.32. The maximum Gasteiger partial charge on any atom is 0.167 e. The van der Waals surface area contributed by atoms with Crippen LogP contribution in [-0.4, -0.2) is 17.3 Å². The number of pyridine rings is 1. The SMILES string of the molecule is NCCC(=O)c1cccnc1Cl. The van der Waals surface area contributed by atoms with Gasteiger partial charge in [0.05, 0.1) is 5.56 Å². The highest BCUT2D eigenvalue weighted by Gasteiger charge is 2.08. The van der Waals surface area contributed by atoms with Crippen LogP contribution >= 0.6 is 11.6 Å². The third-order valence-electron chi connectivity index (χ3n) is 1.43. The summed E-state index contributed by atoms with van der Waals surface area (Å²) in [5.74, 6) is -0.0596. The van der Waals surface area contributed by atoms with Crippen molar-refractivity contribution in [3.8, 4) is 0 Å². The van der Waals surface area contributed by atoms with E-state index in [4.69, 9.17) is 17.3 Å². The predicted molar refractivity (Wildman–Crippen MR) is 47.2 cm³/mol. The Hall–Kier alpha value is -0.930. The van der Waals surface area contributed by atoms with Crippen LogP contribution in [-0.2, 0) is 0 Å². The third kappa shape index (κ3) is 2.03. The molecule has 0 unspecified atom stereocenters. The van der Waals surface area contributed by atoms with Gasteiger partial charge in [-0.15, -0.1) is 0 Å². The molecule has 0 aliphatic carbocycles. The van der Waals surface area contributed by atoms with Gasteiger partial charge in [-0.25, -0.2) is 4.98 Å². The summed E-state index contributed by atoms with van der Waals surface area (Å²) in [5, 5.41) is 0.246. The lowest BCUT2D eigenvalue weighted by Gasteiger charge is -1.99. The molecule has 64 valence electrons. The van der Waals surface area contributed by atoms with E-state index >= 15 is 0 Å². The van der Waals surface area contributed by atoms with E-state index in [1.807, 2.05) is 0 Å². The maximum absolute atomic E-state index is 11.3. The molecule has 1 rings (SSSR count). The van der Waals surface area contributed by atoms with Crippen molar-refractivity contribution in [2.24, 2.45) is 5.73 Å². The molecule has 3 nitrogen and oxygen atoms in total. The normalized spacial score (nSPS) is 9.83. The summed E-state index contributed by atoms with van der Waals surface area (Å²) >= 11 is 5.68. The fraction of sp³-hybridized carbons (Fsp3) is 0.250. The monoisotopic (exact) mass is 184 g/mol. The van der Waals surface area contributed by atoms with Crippen molar-refractivity contribution in [2.45, 2.75) is 6.42 Å². The van der Waals surface area contributed by atoms with Crippen molar-refractivity contribution < 1.29 is 4.79 Å². The van der Waals surface area contributed by atoms with Gasteiger partial charge in [-0.05, 0) is 18.7 Å². The summed E-state index contributed by atoms with van der Waals surface area (Å²) in [5.41, 5.74) is 5.68. The number of nitrogens with two attached hydrogens (primary N) is 1. The summed E-state index contributed by atoms with van der Waals surface area (Å²) in [7, 11) is 0. The van der Waals surface area contributed by atoms with Gasteiger partial charge in [0.15, 0.2) is 5.78 Å². The lowest BCUT2D eigenvalue weighted by molar-refractivity contribution is 0.0985. The molecule has 0 bridgehead atoms. The molecule has 0 fully saturated rings. The molecule has 0 saturated heterocycles. The molecule has 1 heterocycles. The third-order valence-corrected chi connectivity index (χ3v) is 1.73. The van der Waals surface area contributed by atoms with E-state index in [-0.39, 0.29) is 10.9 Å². The molecule has 0 atom stereocenters. The Kier molecular flexibility index (Phi) is 3.19. The number of ketones is 1. The zero-order chi connectivity index (χ0) is 8.97. The minimum Gasteiger partial charge on any atom is -0.330 e. The van der Waals surface area contributed by atoms with Crippen molar-refractivity contribution in [3.63, 3.8) is 0 Å². The molecule has 0 aliphatic rings.